The van der Waals surface area contributed by atoms with Gasteiger partial charge in [0.15, 0.2) is 9.84 Å². The van der Waals surface area contributed by atoms with Crippen LogP contribution in [0.5, 0.6) is 0 Å². The number of rotatable bonds is 1. The highest BCUT2D eigenvalue weighted by Gasteiger charge is 2.45. The summed E-state index contributed by atoms with van der Waals surface area (Å²) < 4.78 is 23.3. The second-order valence-electron chi connectivity index (χ2n) is 6.00. The summed E-state index contributed by atoms with van der Waals surface area (Å²) >= 11 is 0. The van der Waals surface area contributed by atoms with Gasteiger partial charge in [0, 0.05) is 19.0 Å². The number of hydrogen-bond acceptors (Lipinski definition) is 4. The van der Waals surface area contributed by atoms with Gasteiger partial charge in [-0.3, -0.25) is 9.69 Å². The topological polar surface area (TPSA) is 74.8 Å². The lowest BCUT2D eigenvalue weighted by molar-refractivity contribution is -0.135. The Morgan fingerprint density at radius 2 is 1.70 bits per heavy atom. The van der Waals surface area contributed by atoms with E-state index in [-0.39, 0.29) is 42.5 Å². The van der Waals surface area contributed by atoms with Crippen molar-refractivity contribution in [1.82, 2.24) is 9.80 Å². The Morgan fingerprint density at radius 1 is 1.00 bits per heavy atom. The highest BCUT2D eigenvalue weighted by Crippen LogP contribution is 2.29. The van der Waals surface area contributed by atoms with Crippen LogP contribution in [0.25, 0.3) is 0 Å². The predicted octanol–water partition coefficient (Wildman–Crippen LogP) is 0.770. The van der Waals surface area contributed by atoms with Crippen LogP contribution in [0.1, 0.15) is 38.5 Å². The first-order valence-corrected chi connectivity index (χ1v) is 9.13. The zero-order chi connectivity index (χ0) is 14.3. The minimum absolute atomic E-state index is 0.0158. The van der Waals surface area contributed by atoms with E-state index in [1.165, 1.54) is 4.90 Å². The Kier molecular flexibility index (Phi) is 3.48. The molecule has 0 N–H and O–H groups in total. The summed E-state index contributed by atoms with van der Waals surface area (Å²) in [6.07, 6.45) is 5.19. The van der Waals surface area contributed by atoms with Crippen molar-refractivity contribution in [3.8, 4) is 0 Å². The Balaban J connectivity index is 1.79. The molecule has 2 heterocycles. The van der Waals surface area contributed by atoms with E-state index in [0.717, 1.165) is 32.1 Å². The maximum Gasteiger partial charge on any atom is 0.327 e. The number of carbonyl (C=O) groups excluding carboxylic acids is 2. The van der Waals surface area contributed by atoms with Crippen LogP contribution < -0.4 is 0 Å². The molecule has 3 fully saturated rings. The molecule has 0 aromatic carbocycles. The van der Waals surface area contributed by atoms with Crippen molar-refractivity contribution in [3.63, 3.8) is 0 Å². The van der Waals surface area contributed by atoms with Crippen molar-refractivity contribution >= 4 is 21.8 Å². The molecule has 20 heavy (non-hydrogen) atoms. The van der Waals surface area contributed by atoms with Crippen LogP contribution in [0.15, 0.2) is 0 Å². The molecule has 112 valence electrons. The van der Waals surface area contributed by atoms with Crippen LogP contribution in [0, 0.1) is 0 Å². The van der Waals surface area contributed by atoms with Crippen LogP contribution in [0.2, 0.25) is 0 Å². The highest BCUT2D eigenvalue weighted by atomic mass is 32.2. The Morgan fingerprint density at radius 3 is 2.40 bits per heavy atom. The standard InChI is InChI=1S/C13H20N2O4S/c16-12-8-11-9-20(18,19)7-6-14(11)13(17)15(12)10-4-2-1-3-5-10/h10-11H,1-9H2. The average molecular weight is 300 g/mol. The maximum absolute atomic E-state index is 12.5. The van der Waals surface area contributed by atoms with Crippen molar-refractivity contribution in [3.05, 3.63) is 0 Å². The van der Waals surface area contributed by atoms with Gasteiger partial charge in [0.05, 0.1) is 17.5 Å². The molecule has 3 rings (SSSR count). The quantitative estimate of drug-likeness (QED) is 0.717. The van der Waals surface area contributed by atoms with Gasteiger partial charge in [-0.2, -0.15) is 0 Å². The molecule has 2 saturated heterocycles. The van der Waals surface area contributed by atoms with Crippen molar-refractivity contribution in [1.29, 1.82) is 0 Å². The first kappa shape index (κ1) is 13.9. The molecule has 6 nitrogen and oxygen atoms in total. The molecular formula is C13H20N2O4S. The number of fused-ring (bicyclic) bond motifs is 1. The lowest BCUT2D eigenvalue weighted by Crippen LogP contribution is -2.64. The van der Waals surface area contributed by atoms with Gasteiger partial charge in [-0.05, 0) is 12.8 Å². The highest BCUT2D eigenvalue weighted by molar-refractivity contribution is 7.91. The van der Waals surface area contributed by atoms with E-state index in [4.69, 9.17) is 0 Å². The molecule has 3 aliphatic rings. The van der Waals surface area contributed by atoms with E-state index < -0.39 is 15.9 Å². The van der Waals surface area contributed by atoms with E-state index in [9.17, 15) is 18.0 Å². The molecule has 0 spiro atoms. The van der Waals surface area contributed by atoms with Crippen LogP contribution in [-0.4, -0.2) is 60.3 Å². The van der Waals surface area contributed by atoms with E-state index >= 15 is 0 Å². The zero-order valence-corrected chi connectivity index (χ0v) is 12.3. The second-order valence-corrected chi connectivity index (χ2v) is 8.23. The number of sulfone groups is 1. The van der Waals surface area contributed by atoms with E-state index in [1.54, 1.807) is 4.90 Å². The van der Waals surface area contributed by atoms with Gasteiger partial charge in [0.25, 0.3) is 0 Å². The number of carbonyl (C=O) groups is 2. The fourth-order valence-electron chi connectivity index (χ4n) is 3.55. The lowest BCUT2D eigenvalue weighted by Gasteiger charge is -2.45. The summed E-state index contributed by atoms with van der Waals surface area (Å²) in [7, 11) is -3.11. The van der Waals surface area contributed by atoms with E-state index in [0.29, 0.717) is 0 Å². The molecule has 1 unspecified atom stereocenters. The molecule has 7 heteroatoms. The SMILES string of the molecule is O=C1CC2CS(=O)(=O)CCN2C(=O)N1C1CCCCC1. The van der Waals surface area contributed by atoms with Gasteiger partial charge in [0.2, 0.25) is 5.91 Å². The third-order valence-electron chi connectivity index (χ3n) is 4.60. The molecule has 0 radical (unpaired) electrons. The minimum atomic E-state index is -3.11. The molecule has 2 aliphatic heterocycles. The van der Waals surface area contributed by atoms with Gasteiger partial charge in [-0.15, -0.1) is 0 Å². The summed E-state index contributed by atoms with van der Waals surface area (Å²) in [5, 5.41) is 0. The molecule has 0 aromatic rings. The zero-order valence-electron chi connectivity index (χ0n) is 11.5. The van der Waals surface area contributed by atoms with Crippen LogP contribution in [0.3, 0.4) is 0 Å². The van der Waals surface area contributed by atoms with E-state index in [1.807, 2.05) is 0 Å². The Hall–Kier alpha value is -1.11. The van der Waals surface area contributed by atoms with Gasteiger partial charge >= 0.3 is 6.03 Å². The van der Waals surface area contributed by atoms with Gasteiger partial charge < -0.3 is 4.90 Å². The monoisotopic (exact) mass is 300 g/mol. The lowest BCUT2D eigenvalue weighted by atomic mass is 9.93. The Bertz CT molecular complexity index is 524. The molecule has 1 saturated carbocycles. The molecule has 1 aliphatic carbocycles. The number of urea groups is 1. The molecule has 1 atom stereocenters. The van der Waals surface area contributed by atoms with Crippen molar-refractivity contribution in [2.24, 2.45) is 0 Å². The largest absolute Gasteiger partial charge is 0.327 e. The maximum atomic E-state index is 12.5. The molecule has 0 bridgehead atoms. The fourth-order valence-corrected chi connectivity index (χ4v) is 5.08. The molecular weight excluding hydrogens is 280 g/mol. The van der Waals surface area contributed by atoms with E-state index in [2.05, 4.69) is 0 Å². The summed E-state index contributed by atoms with van der Waals surface area (Å²) in [6, 6.07) is -0.704. The summed E-state index contributed by atoms with van der Waals surface area (Å²) in [6.45, 7) is 0.225. The van der Waals surface area contributed by atoms with Crippen LogP contribution in [0.4, 0.5) is 4.79 Å². The number of hydrogen-bond donors (Lipinski definition) is 0. The third kappa shape index (κ3) is 2.43. The summed E-state index contributed by atoms with van der Waals surface area (Å²) in [4.78, 5) is 27.8. The first-order valence-electron chi connectivity index (χ1n) is 7.31. The number of imide groups is 1. The smallest absolute Gasteiger partial charge is 0.319 e. The van der Waals surface area contributed by atoms with Crippen molar-refractivity contribution in [2.75, 3.05) is 18.1 Å². The second kappa shape index (κ2) is 5.02. The molecule has 0 aromatic heterocycles. The van der Waals surface area contributed by atoms with Crippen LogP contribution in [-0.2, 0) is 14.6 Å². The molecule has 3 amide bonds. The fraction of sp³-hybridized carbons (Fsp3) is 0.846. The Labute approximate surface area is 119 Å². The predicted molar refractivity (Wildman–Crippen MR) is 72.9 cm³/mol. The van der Waals surface area contributed by atoms with Crippen molar-refractivity contribution in [2.45, 2.75) is 50.6 Å². The summed E-state index contributed by atoms with van der Waals surface area (Å²) in [5.74, 6) is -0.245. The number of amides is 3. The first-order chi connectivity index (χ1) is 9.48. The van der Waals surface area contributed by atoms with Crippen molar-refractivity contribution < 1.29 is 18.0 Å². The van der Waals surface area contributed by atoms with Gasteiger partial charge in [-0.25, -0.2) is 13.2 Å². The number of nitrogens with zero attached hydrogens (tertiary/aromatic N) is 2. The normalized spacial score (nSPS) is 31.3. The minimum Gasteiger partial charge on any atom is -0.319 e. The third-order valence-corrected chi connectivity index (χ3v) is 6.30. The average Bonchev–Trinajstić information content (AvgIpc) is 2.38. The van der Waals surface area contributed by atoms with Gasteiger partial charge in [-0.1, -0.05) is 19.3 Å². The van der Waals surface area contributed by atoms with Gasteiger partial charge in [0.1, 0.15) is 0 Å². The summed E-state index contributed by atoms with van der Waals surface area (Å²) in [5.41, 5.74) is 0. The van der Waals surface area contributed by atoms with Crippen LogP contribution >= 0.6 is 0 Å².